The molecule has 1 aromatic heterocycles. The van der Waals surface area contributed by atoms with Crippen LogP contribution in [0.1, 0.15) is 18.2 Å². The van der Waals surface area contributed by atoms with Crippen molar-refractivity contribution in [1.82, 2.24) is 9.88 Å². The fraction of sp³-hybridized carbons (Fsp3) is 0.214. The number of hydrogen-bond acceptors (Lipinski definition) is 1. The summed E-state index contributed by atoms with van der Waals surface area (Å²) in [6, 6.07) is 14.3. The summed E-state index contributed by atoms with van der Waals surface area (Å²) in [6.45, 7) is 2.95. The van der Waals surface area contributed by atoms with Crippen LogP contribution in [0.25, 0.3) is 0 Å². The van der Waals surface area contributed by atoms with Crippen LogP contribution in [-0.2, 0) is 17.9 Å². The Kier molecular flexibility index (Phi) is 3.60. The molecule has 0 saturated heterocycles. The molecule has 0 bridgehead atoms. The zero-order valence-electron chi connectivity index (χ0n) is 9.89. The highest BCUT2D eigenvalue weighted by Gasteiger charge is 2.02. The highest BCUT2D eigenvalue weighted by molar-refractivity contribution is 5.72. The molecule has 0 unspecified atom stereocenters. The lowest BCUT2D eigenvalue weighted by Gasteiger charge is -2.09. The molecule has 0 saturated carbocycles. The topological polar surface area (TPSA) is 34.0 Å². The van der Waals surface area contributed by atoms with Crippen molar-refractivity contribution in [2.24, 2.45) is 0 Å². The highest BCUT2D eigenvalue weighted by Crippen LogP contribution is 2.07. The Morgan fingerprint density at radius 1 is 1.18 bits per heavy atom. The fourth-order valence-electron chi connectivity index (χ4n) is 1.76. The van der Waals surface area contributed by atoms with E-state index in [4.69, 9.17) is 0 Å². The van der Waals surface area contributed by atoms with Gasteiger partial charge in [0.05, 0.1) is 6.54 Å². The summed E-state index contributed by atoms with van der Waals surface area (Å²) in [5, 5.41) is 2.81. The van der Waals surface area contributed by atoms with E-state index in [1.807, 2.05) is 36.5 Å². The third-order valence-corrected chi connectivity index (χ3v) is 2.64. The second-order valence-electron chi connectivity index (χ2n) is 4.02. The minimum absolute atomic E-state index is 0.00235. The molecule has 17 heavy (non-hydrogen) atoms. The Bertz CT molecular complexity index is 488. The average Bonchev–Trinajstić information content (AvgIpc) is 2.75. The van der Waals surface area contributed by atoms with Gasteiger partial charge in [0.1, 0.15) is 0 Å². The number of hydrogen-bond donors (Lipinski definition) is 1. The van der Waals surface area contributed by atoms with Gasteiger partial charge in [-0.2, -0.15) is 0 Å². The molecule has 0 fully saturated rings. The van der Waals surface area contributed by atoms with Gasteiger partial charge in [-0.15, -0.1) is 0 Å². The van der Waals surface area contributed by atoms with Crippen LogP contribution in [0, 0.1) is 0 Å². The number of amides is 1. The zero-order valence-corrected chi connectivity index (χ0v) is 9.89. The van der Waals surface area contributed by atoms with Crippen LogP contribution in [0.5, 0.6) is 0 Å². The Morgan fingerprint density at radius 3 is 2.65 bits per heavy atom. The first kappa shape index (κ1) is 11.5. The molecule has 3 heteroatoms. The molecule has 1 aromatic carbocycles. The van der Waals surface area contributed by atoms with Crippen molar-refractivity contribution in [3.05, 3.63) is 59.9 Å². The maximum atomic E-state index is 10.9. The van der Waals surface area contributed by atoms with E-state index in [1.165, 1.54) is 12.5 Å². The molecule has 0 aliphatic heterocycles. The number of carbonyl (C=O) groups is 1. The lowest BCUT2D eigenvalue weighted by Crippen LogP contribution is -2.21. The lowest BCUT2D eigenvalue weighted by atomic mass is 10.2. The predicted octanol–water partition coefficient (Wildman–Crippen LogP) is 2.17. The van der Waals surface area contributed by atoms with Crippen molar-refractivity contribution in [2.75, 3.05) is 0 Å². The van der Waals surface area contributed by atoms with E-state index in [9.17, 15) is 4.79 Å². The largest absolute Gasteiger partial charge is 0.351 e. The normalized spacial score (nSPS) is 10.2. The zero-order chi connectivity index (χ0) is 12.1. The standard InChI is InChI=1S/C14H16N2O/c1-12(17)15-10-14-8-5-9-16(14)11-13-6-3-2-4-7-13/h2-9H,10-11H2,1H3,(H,15,17). The van der Waals surface area contributed by atoms with Crippen molar-refractivity contribution in [3.8, 4) is 0 Å². The van der Waals surface area contributed by atoms with E-state index >= 15 is 0 Å². The third-order valence-electron chi connectivity index (χ3n) is 2.64. The van der Waals surface area contributed by atoms with Crippen LogP contribution in [0.2, 0.25) is 0 Å². The summed E-state index contributed by atoms with van der Waals surface area (Å²) >= 11 is 0. The summed E-state index contributed by atoms with van der Waals surface area (Å²) in [6.07, 6.45) is 2.03. The minimum Gasteiger partial charge on any atom is -0.351 e. The van der Waals surface area contributed by atoms with Gasteiger partial charge in [-0.25, -0.2) is 0 Å². The van der Waals surface area contributed by atoms with E-state index in [0.717, 1.165) is 12.2 Å². The molecule has 1 N–H and O–H groups in total. The van der Waals surface area contributed by atoms with Crippen LogP contribution in [0.3, 0.4) is 0 Å². The minimum atomic E-state index is -0.00235. The lowest BCUT2D eigenvalue weighted by molar-refractivity contribution is -0.119. The van der Waals surface area contributed by atoms with Gasteiger partial charge in [-0.05, 0) is 17.7 Å². The van der Waals surface area contributed by atoms with Gasteiger partial charge in [0.15, 0.2) is 0 Å². The van der Waals surface area contributed by atoms with E-state index in [0.29, 0.717) is 6.54 Å². The van der Waals surface area contributed by atoms with Gasteiger partial charge in [-0.1, -0.05) is 30.3 Å². The quantitative estimate of drug-likeness (QED) is 0.855. The molecule has 2 rings (SSSR count). The molecule has 1 amide bonds. The van der Waals surface area contributed by atoms with Gasteiger partial charge >= 0.3 is 0 Å². The summed E-state index contributed by atoms with van der Waals surface area (Å²) < 4.78 is 2.14. The number of nitrogens with zero attached hydrogens (tertiary/aromatic N) is 1. The molecular formula is C14H16N2O. The van der Waals surface area contributed by atoms with E-state index < -0.39 is 0 Å². The second kappa shape index (κ2) is 5.34. The first-order valence-electron chi connectivity index (χ1n) is 5.68. The maximum Gasteiger partial charge on any atom is 0.217 e. The first-order valence-corrected chi connectivity index (χ1v) is 5.68. The summed E-state index contributed by atoms with van der Waals surface area (Å²) in [5.41, 5.74) is 2.37. The second-order valence-corrected chi connectivity index (χ2v) is 4.02. The van der Waals surface area contributed by atoms with Crippen molar-refractivity contribution in [1.29, 1.82) is 0 Å². The van der Waals surface area contributed by atoms with Crippen molar-refractivity contribution in [2.45, 2.75) is 20.0 Å². The third kappa shape index (κ3) is 3.21. The van der Waals surface area contributed by atoms with Crippen molar-refractivity contribution >= 4 is 5.91 Å². The Balaban J connectivity index is 2.06. The number of rotatable bonds is 4. The Morgan fingerprint density at radius 2 is 1.94 bits per heavy atom. The van der Waals surface area contributed by atoms with Crippen molar-refractivity contribution in [3.63, 3.8) is 0 Å². The first-order chi connectivity index (χ1) is 8.25. The van der Waals surface area contributed by atoms with Gasteiger partial charge in [0.25, 0.3) is 0 Å². The summed E-state index contributed by atoms with van der Waals surface area (Å²) in [5.74, 6) is -0.00235. The molecule has 0 radical (unpaired) electrons. The number of benzene rings is 1. The molecular weight excluding hydrogens is 212 g/mol. The number of aromatic nitrogens is 1. The van der Waals surface area contributed by atoms with Crippen LogP contribution >= 0.6 is 0 Å². The molecule has 2 aromatic rings. The molecule has 3 nitrogen and oxygen atoms in total. The smallest absolute Gasteiger partial charge is 0.217 e. The van der Waals surface area contributed by atoms with Gasteiger partial charge in [0.2, 0.25) is 5.91 Å². The fourth-order valence-corrected chi connectivity index (χ4v) is 1.76. The molecule has 88 valence electrons. The van der Waals surface area contributed by atoms with E-state index in [1.54, 1.807) is 0 Å². The van der Waals surface area contributed by atoms with Gasteiger partial charge in [0, 0.05) is 25.4 Å². The molecule has 0 spiro atoms. The SMILES string of the molecule is CC(=O)NCc1cccn1Cc1ccccc1. The number of carbonyl (C=O) groups excluding carboxylic acids is 1. The molecule has 1 heterocycles. The van der Waals surface area contributed by atoms with Crippen LogP contribution in [0.4, 0.5) is 0 Å². The Hall–Kier alpha value is -2.03. The van der Waals surface area contributed by atoms with Crippen LogP contribution < -0.4 is 5.32 Å². The van der Waals surface area contributed by atoms with E-state index in [-0.39, 0.29) is 5.91 Å². The summed E-state index contributed by atoms with van der Waals surface area (Å²) in [4.78, 5) is 10.9. The van der Waals surface area contributed by atoms with Crippen molar-refractivity contribution < 1.29 is 4.79 Å². The van der Waals surface area contributed by atoms with Gasteiger partial charge in [-0.3, -0.25) is 4.79 Å². The van der Waals surface area contributed by atoms with Crippen LogP contribution in [0.15, 0.2) is 48.7 Å². The van der Waals surface area contributed by atoms with Gasteiger partial charge < -0.3 is 9.88 Å². The maximum absolute atomic E-state index is 10.9. The molecule has 0 atom stereocenters. The number of nitrogens with one attached hydrogen (secondary N) is 1. The molecule has 0 aliphatic rings. The Labute approximate surface area is 101 Å². The molecule has 0 aliphatic carbocycles. The predicted molar refractivity (Wildman–Crippen MR) is 67.5 cm³/mol. The highest BCUT2D eigenvalue weighted by atomic mass is 16.1. The summed E-state index contributed by atoms with van der Waals surface area (Å²) in [7, 11) is 0. The monoisotopic (exact) mass is 228 g/mol. The van der Waals surface area contributed by atoms with E-state index in [2.05, 4.69) is 22.0 Å². The average molecular weight is 228 g/mol. The van der Waals surface area contributed by atoms with Crippen LogP contribution in [-0.4, -0.2) is 10.5 Å².